The summed E-state index contributed by atoms with van der Waals surface area (Å²) in [6.07, 6.45) is 3.86. The molecule has 0 amide bonds. The van der Waals surface area contributed by atoms with Gasteiger partial charge in [-0.2, -0.15) is 0 Å². The van der Waals surface area contributed by atoms with Crippen LogP contribution in [0.3, 0.4) is 0 Å². The lowest BCUT2D eigenvalue weighted by Crippen LogP contribution is -2.38. The minimum Gasteiger partial charge on any atom is -0.494 e. The zero-order valence-electron chi connectivity index (χ0n) is 14.9. The van der Waals surface area contributed by atoms with E-state index >= 15 is 0 Å². The SMILES string of the molecule is CCOc1ccccc1CNC(=NC)NCCCN1CCCC1.I. The number of rotatable bonds is 8. The van der Waals surface area contributed by atoms with Crippen LogP contribution in [0, 0.1) is 0 Å². The van der Waals surface area contributed by atoms with Gasteiger partial charge in [-0.05, 0) is 51.9 Å². The van der Waals surface area contributed by atoms with Crippen molar-refractivity contribution < 1.29 is 4.74 Å². The van der Waals surface area contributed by atoms with Crippen LogP contribution in [0.4, 0.5) is 0 Å². The fourth-order valence-corrected chi connectivity index (χ4v) is 2.86. The summed E-state index contributed by atoms with van der Waals surface area (Å²) in [5.74, 6) is 1.78. The van der Waals surface area contributed by atoms with Crippen molar-refractivity contribution in [3.05, 3.63) is 29.8 Å². The summed E-state index contributed by atoms with van der Waals surface area (Å²) in [4.78, 5) is 6.83. The van der Waals surface area contributed by atoms with E-state index in [1.165, 1.54) is 32.5 Å². The number of halogens is 1. The monoisotopic (exact) mass is 446 g/mol. The summed E-state index contributed by atoms with van der Waals surface area (Å²) < 4.78 is 5.65. The highest BCUT2D eigenvalue weighted by Gasteiger charge is 2.10. The van der Waals surface area contributed by atoms with E-state index in [0.717, 1.165) is 30.2 Å². The molecule has 0 aromatic heterocycles. The lowest BCUT2D eigenvalue weighted by Gasteiger charge is -2.16. The van der Waals surface area contributed by atoms with E-state index in [1.807, 2.05) is 32.2 Å². The summed E-state index contributed by atoms with van der Waals surface area (Å²) in [6, 6.07) is 8.12. The molecule has 1 saturated heterocycles. The lowest BCUT2D eigenvalue weighted by atomic mass is 10.2. The minimum absolute atomic E-state index is 0. The highest BCUT2D eigenvalue weighted by atomic mass is 127. The van der Waals surface area contributed by atoms with Gasteiger partial charge in [-0.3, -0.25) is 4.99 Å². The van der Waals surface area contributed by atoms with Gasteiger partial charge in [-0.15, -0.1) is 24.0 Å². The van der Waals surface area contributed by atoms with Crippen LogP contribution in [0.2, 0.25) is 0 Å². The maximum Gasteiger partial charge on any atom is 0.191 e. The Balaban J connectivity index is 0.00000288. The molecule has 2 rings (SSSR count). The van der Waals surface area contributed by atoms with Crippen molar-refractivity contribution in [3.8, 4) is 5.75 Å². The van der Waals surface area contributed by atoms with Crippen molar-refractivity contribution in [2.45, 2.75) is 32.7 Å². The number of hydrogen-bond acceptors (Lipinski definition) is 3. The number of ether oxygens (including phenoxy) is 1. The van der Waals surface area contributed by atoms with Crippen LogP contribution in [0.25, 0.3) is 0 Å². The number of likely N-dealkylation sites (tertiary alicyclic amines) is 1. The number of nitrogens with one attached hydrogen (secondary N) is 2. The molecule has 0 unspecified atom stereocenters. The van der Waals surface area contributed by atoms with Crippen molar-refractivity contribution in [1.82, 2.24) is 15.5 Å². The molecule has 1 heterocycles. The number of guanidine groups is 1. The van der Waals surface area contributed by atoms with E-state index in [2.05, 4.69) is 26.6 Å². The second-order valence-corrected chi connectivity index (χ2v) is 5.80. The predicted octanol–water partition coefficient (Wildman–Crippen LogP) is 2.85. The van der Waals surface area contributed by atoms with Gasteiger partial charge in [0.15, 0.2) is 5.96 Å². The Bertz CT molecular complexity index is 490. The van der Waals surface area contributed by atoms with Gasteiger partial charge in [0, 0.05) is 25.7 Å². The van der Waals surface area contributed by atoms with Gasteiger partial charge in [0.1, 0.15) is 5.75 Å². The van der Waals surface area contributed by atoms with Crippen LogP contribution in [0.1, 0.15) is 31.7 Å². The van der Waals surface area contributed by atoms with Crippen LogP contribution < -0.4 is 15.4 Å². The molecule has 136 valence electrons. The Hall–Kier alpha value is -1.02. The molecular formula is C18H31IN4O. The molecule has 1 aromatic rings. The summed E-state index contributed by atoms with van der Waals surface area (Å²) in [5.41, 5.74) is 1.15. The molecule has 1 aromatic carbocycles. The Labute approximate surface area is 163 Å². The number of hydrogen-bond donors (Lipinski definition) is 2. The molecule has 24 heavy (non-hydrogen) atoms. The van der Waals surface area contributed by atoms with Crippen molar-refractivity contribution in [1.29, 1.82) is 0 Å². The van der Waals surface area contributed by atoms with Crippen LogP contribution in [-0.2, 0) is 6.54 Å². The van der Waals surface area contributed by atoms with E-state index in [0.29, 0.717) is 13.2 Å². The quantitative estimate of drug-likeness (QED) is 0.279. The van der Waals surface area contributed by atoms with E-state index in [1.54, 1.807) is 0 Å². The van der Waals surface area contributed by atoms with Crippen molar-refractivity contribution >= 4 is 29.9 Å². The van der Waals surface area contributed by atoms with Crippen molar-refractivity contribution in [3.63, 3.8) is 0 Å². The van der Waals surface area contributed by atoms with Crippen LogP contribution in [0.5, 0.6) is 5.75 Å². The average molecular weight is 446 g/mol. The van der Waals surface area contributed by atoms with Crippen LogP contribution in [-0.4, -0.2) is 50.7 Å². The third-order valence-electron chi connectivity index (χ3n) is 4.08. The molecule has 0 saturated carbocycles. The Morgan fingerprint density at radius 2 is 1.96 bits per heavy atom. The zero-order valence-corrected chi connectivity index (χ0v) is 17.2. The van der Waals surface area contributed by atoms with Gasteiger partial charge in [0.25, 0.3) is 0 Å². The third-order valence-corrected chi connectivity index (χ3v) is 4.08. The lowest BCUT2D eigenvalue weighted by molar-refractivity contribution is 0.333. The summed E-state index contributed by atoms with van der Waals surface area (Å²) in [6.45, 7) is 8.05. The molecule has 1 fully saturated rings. The normalized spacial score (nSPS) is 15.0. The fourth-order valence-electron chi connectivity index (χ4n) is 2.86. The highest BCUT2D eigenvalue weighted by molar-refractivity contribution is 14.0. The topological polar surface area (TPSA) is 48.9 Å². The molecule has 1 aliphatic rings. The summed E-state index contributed by atoms with van der Waals surface area (Å²) >= 11 is 0. The first-order valence-corrected chi connectivity index (χ1v) is 8.71. The average Bonchev–Trinajstić information content (AvgIpc) is 3.09. The predicted molar refractivity (Wildman–Crippen MR) is 112 cm³/mol. The van der Waals surface area contributed by atoms with Crippen LogP contribution >= 0.6 is 24.0 Å². The Kier molecular flexibility index (Phi) is 10.8. The third kappa shape index (κ3) is 7.25. The standard InChI is InChI=1S/C18H30N4O.HI/c1-3-23-17-10-5-4-9-16(17)15-21-18(19-2)20-11-8-14-22-12-6-7-13-22;/h4-5,9-10H,3,6-8,11-15H2,1-2H3,(H2,19,20,21);1H. The second kappa shape index (κ2) is 12.4. The smallest absolute Gasteiger partial charge is 0.191 e. The van der Waals surface area contributed by atoms with Gasteiger partial charge in [-0.25, -0.2) is 0 Å². The molecule has 6 heteroatoms. The highest BCUT2D eigenvalue weighted by Crippen LogP contribution is 2.17. The molecular weight excluding hydrogens is 415 g/mol. The van der Waals surface area contributed by atoms with E-state index in [4.69, 9.17) is 4.74 Å². The van der Waals surface area contributed by atoms with E-state index in [-0.39, 0.29) is 24.0 Å². The minimum atomic E-state index is 0. The van der Waals surface area contributed by atoms with Gasteiger partial charge in [-0.1, -0.05) is 18.2 Å². The first-order valence-electron chi connectivity index (χ1n) is 8.71. The number of benzene rings is 1. The maximum atomic E-state index is 5.65. The Morgan fingerprint density at radius 3 is 2.67 bits per heavy atom. The van der Waals surface area contributed by atoms with E-state index < -0.39 is 0 Å². The van der Waals surface area contributed by atoms with Crippen molar-refractivity contribution in [2.75, 3.05) is 39.8 Å². The summed E-state index contributed by atoms with van der Waals surface area (Å²) in [5, 5.41) is 6.74. The first-order chi connectivity index (χ1) is 11.3. The van der Waals surface area contributed by atoms with Gasteiger partial charge in [0.05, 0.1) is 6.61 Å². The second-order valence-electron chi connectivity index (χ2n) is 5.80. The molecule has 0 aliphatic carbocycles. The summed E-state index contributed by atoms with van der Waals surface area (Å²) in [7, 11) is 1.81. The molecule has 0 spiro atoms. The molecule has 0 bridgehead atoms. The van der Waals surface area contributed by atoms with Gasteiger partial charge in [0.2, 0.25) is 0 Å². The molecule has 0 radical (unpaired) electrons. The maximum absolute atomic E-state index is 5.65. The van der Waals surface area contributed by atoms with E-state index in [9.17, 15) is 0 Å². The molecule has 1 aliphatic heterocycles. The van der Waals surface area contributed by atoms with Gasteiger partial charge >= 0.3 is 0 Å². The molecule has 0 atom stereocenters. The fraction of sp³-hybridized carbons (Fsp3) is 0.611. The van der Waals surface area contributed by atoms with Crippen LogP contribution in [0.15, 0.2) is 29.3 Å². The first kappa shape index (κ1) is 21.0. The molecule has 5 nitrogen and oxygen atoms in total. The number of nitrogens with zero attached hydrogens (tertiary/aromatic N) is 2. The van der Waals surface area contributed by atoms with Crippen molar-refractivity contribution in [2.24, 2.45) is 4.99 Å². The number of para-hydroxylation sites is 1. The zero-order chi connectivity index (χ0) is 16.3. The largest absolute Gasteiger partial charge is 0.494 e. The number of aliphatic imine (C=N–C) groups is 1. The van der Waals surface area contributed by atoms with Gasteiger partial charge < -0.3 is 20.3 Å². The molecule has 2 N–H and O–H groups in total. The Morgan fingerprint density at radius 1 is 1.21 bits per heavy atom.